The predicted octanol–water partition coefficient (Wildman–Crippen LogP) is 6.06. The van der Waals surface area contributed by atoms with Crippen molar-refractivity contribution in [1.82, 2.24) is 19.9 Å². The first-order valence-corrected chi connectivity index (χ1v) is 12.6. The van der Waals surface area contributed by atoms with Crippen molar-refractivity contribution >= 4 is 45.7 Å². The van der Waals surface area contributed by atoms with Gasteiger partial charge >= 0.3 is 6.18 Å². The van der Waals surface area contributed by atoms with Crippen molar-refractivity contribution in [2.24, 2.45) is 5.73 Å². The van der Waals surface area contributed by atoms with Gasteiger partial charge in [-0.3, -0.25) is 9.69 Å². The summed E-state index contributed by atoms with van der Waals surface area (Å²) in [6.45, 7) is 4.51. The zero-order valence-electron chi connectivity index (χ0n) is 21.3. The van der Waals surface area contributed by atoms with Crippen molar-refractivity contribution in [3.05, 3.63) is 77.5 Å². The van der Waals surface area contributed by atoms with Crippen LogP contribution in [0.15, 0.2) is 60.8 Å². The number of anilines is 4. The Kier molecular flexibility index (Phi) is 7.25. The van der Waals surface area contributed by atoms with Gasteiger partial charge in [-0.25, -0.2) is 0 Å². The number of rotatable bonds is 8. The van der Waals surface area contributed by atoms with Crippen LogP contribution in [0.5, 0.6) is 0 Å². The number of amides is 1. The number of benzene rings is 2. The van der Waals surface area contributed by atoms with Gasteiger partial charge in [0.05, 0.1) is 27.9 Å². The highest BCUT2D eigenvalue weighted by molar-refractivity contribution is 6.00. The van der Waals surface area contributed by atoms with Gasteiger partial charge in [0.2, 0.25) is 5.95 Å². The standard InChI is InChI=1S/C28H28F3N7O/c1-2-13-38-14-5-6-18(16-38)17-9-10-23(21(15-17)28(29,30)31)35-27-36-25-20(11-12-33-25)26(37-27)34-22-8-4-3-7-19(22)24(32)39/h3-4,6-12,15H,2,5,13-14,16H2,1H3,(H2,32,39)(H3,33,34,35,36,37). The summed E-state index contributed by atoms with van der Waals surface area (Å²) in [6, 6.07) is 12.6. The Hall–Kier alpha value is -4.38. The fraction of sp³-hybridized carbons (Fsp3) is 0.250. The van der Waals surface area contributed by atoms with E-state index in [1.165, 1.54) is 12.1 Å². The van der Waals surface area contributed by atoms with Gasteiger partial charge in [0.15, 0.2) is 0 Å². The number of para-hydroxylation sites is 1. The molecular formula is C28H28F3N7O. The van der Waals surface area contributed by atoms with E-state index in [9.17, 15) is 18.0 Å². The van der Waals surface area contributed by atoms with Crippen LogP contribution >= 0.6 is 0 Å². The lowest BCUT2D eigenvalue weighted by atomic mass is 9.98. The summed E-state index contributed by atoms with van der Waals surface area (Å²) in [5.41, 5.74) is 7.01. The van der Waals surface area contributed by atoms with E-state index in [-0.39, 0.29) is 17.2 Å². The van der Waals surface area contributed by atoms with Gasteiger partial charge in [-0.1, -0.05) is 31.2 Å². The van der Waals surface area contributed by atoms with Crippen LogP contribution in [0.3, 0.4) is 0 Å². The lowest BCUT2D eigenvalue weighted by Gasteiger charge is -2.27. The van der Waals surface area contributed by atoms with E-state index in [2.05, 4.69) is 37.4 Å². The van der Waals surface area contributed by atoms with Gasteiger partial charge in [0.25, 0.3) is 5.91 Å². The Labute approximate surface area is 223 Å². The zero-order chi connectivity index (χ0) is 27.6. The average Bonchev–Trinajstić information content (AvgIpc) is 3.38. The number of nitrogens with zero attached hydrogens (tertiary/aromatic N) is 3. The molecular weight excluding hydrogens is 507 g/mol. The van der Waals surface area contributed by atoms with Crippen molar-refractivity contribution in [2.45, 2.75) is 25.9 Å². The summed E-state index contributed by atoms with van der Waals surface area (Å²) in [7, 11) is 0. The molecule has 0 radical (unpaired) electrons. The van der Waals surface area contributed by atoms with Crippen LogP contribution < -0.4 is 16.4 Å². The molecule has 1 aliphatic rings. The lowest BCUT2D eigenvalue weighted by Crippen LogP contribution is -2.30. The van der Waals surface area contributed by atoms with E-state index in [0.29, 0.717) is 34.6 Å². The molecule has 5 N–H and O–H groups in total. The summed E-state index contributed by atoms with van der Waals surface area (Å²) in [5, 5.41) is 6.42. The summed E-state index contributed by atoms with van der Waals surface area (Å²) < 4.78 is 42.6. The second-order valence-corrected chi connectivity index (χ2v) is 9.35. The molecule has 2 aromatic carbocycles. The third kappa shape index (κ3) is 5.73. The summed E-state index contributed by atoms with van der Waals surface area (Å²) in [4.78, 5) is 25.9. The highest BCUT2D eigenvalue weighted by Gasteiger charge is 2.34. The number of nitrogens with two attached hydrogens (primary N) is 1. The van der Waals surface area contributed by atoms with Gasteiger partial charge in [0, 0.05) is 19.3 Å². The molecule has 0 fully saturated rings. The molecule has 0 bridgehead atoms. The molecule has 3 heterocycles. The molecule has 0 saturated heterocycles. The molecule has 0 atom stereocenters. The Morgan fingerprint density at radius 1 is 1.10 bits per heavy atom. The van der Waals surface area contributed by atoms with E-state index in [4.69, 9.17) is 5.73 Å². The molecule has 4 aromatic rings. The maximum atomic E-state index is 14.2. The second kappa shape index (κ2) is 10.8. The minimum absolute atomic E-state index is 0.0479. The first-order valence-electron chi connectivity index (χ1n) is 12.6. The molecule has 0 aliphatic carbocycles. The number of hydrogen-bond acceptors (Lipinski definition) is 6. The maximum Gasteiger partial charge on any atom is 0.418 e. The van der Waals surface area contributed by atoms with E-state index in [1.807, 2.05) is 6.08 Å². The molecule has 39 heavy (non-hydrogen) atoms. The third-order valence-electron chi connectivity index (χ3n) is 6.57. The zero-order valence-corrected chi connectivity index (χ0v) is 21.3. The van der Waals surface area contributed by atoms with Crippen LogP contribution in [0.25, 0.3) is 16.6 Å². The molecule has 0 saturated carbocycles. The number of hydrogen-bond donors (Lipinski definition) is 4. The molecule has 2 aromatic heterocycles. The maximum absolute atomic E-state index is 14.2. The first-order chi connectivity index (χ1) is 18.7. The second-order valence-electron chi connectivity index (χ2n) is 9.35. The van der Waals surface area contributed by atoms with Gasteiger partial charge in [-0.15, -0.1) is 0 Å². The van der Waals surface area contributed by atoms with Crippen LogP contribution in [0.1, 0.15) is 41.3 Å². The molecule has 8 nitrogen and oxygen atoms in total. The molecule has 1 amide bonds. The molecule has 5 rings (SSSR count). The fourth-order valence-electron chi connectivity index (χ4n) is 4.76. The number of carbonyl (C=O) groups is 1. The molecule has 0 unspecified atom stereocenters. The van der Waals surface area contributed by atoms with Crippen LogP contribution in [-0.2, 0) is 6.18 Å². The summed E-state index contributed by atoms with van der Waals surface area (Å²) in [5.74, 6) is -0.379. The minimum Gasteiger partial charge on any atom is -0.366 e. The summed E-state index contributed by atoms with van der Waals surface area (Å²) in [6.07, 6.45) is 0.840. The molecule has 202 valence electrons. The highest BCUT2D eigenvalue weighted by atomic mass is 19.4. The lowest BCUT2D eigenvalue weighted by molar-refractivity contribution is -0.136. The minimum atomic E-state index is -4.60. The third-order valence-corrected chi connectivity index (χ3v) is 6.57. The van der Waals surface area contributed by atoms with Crippen molar-refractivity contribution in [2.75, 3.05) is 30.3 Å². The topological polar surface area (TPSA) is 112 Å². The largest absolute Gasteiger partial charge is 0.418 e. The Balaban J connectivity index is 1.49. The summed E-state index contributed by atoms with van der Waals surface area (Å²) >= 11 is 0. The average molecular weight is 536 g/mol. The van der Waals surface area contributed by atoms with Crippen LogP contribution in [0.4, 0.5) is 36.3 Å². The SMILES string of the molecule is CCCN1CCC=C(c2ccc(Nc3nc(Nc4ccccc4C(N)=O)c4cc[nH]c4n3)c(C(F)(F)F)c2)C1. The van der Waals surface area contributed by atoms with Crippen LogP contribution in [-0.4, -0.2) is 45.4 Å². The Morgan fingerprint density at radius 2 is 1.92 bits per heavy atom. The normalized spacial score (nSPS) is 14.3. The highest BCUT2D eigenvalue weighted by Crippen LogP contribution is 2.38. The number of carbonyl (C=O) groups excluding carboxylic acids is 1. The fourth-order valence-corrected chi connectivity index (χ4v) is 4.76. The van der Waals surface area contributed by atoms with E-state index in [1.54, 1.807) is 42.6 Å². The van der Waals surface area contributed by atoms with Crippen molar-refractivity contribution in [3.63, 3.8) is 0 Å². The van der Waals surface area contributed by atoms with Gasteiger partial charge in [-0.2, -0.15) is 23.1 Å². The monoisotopic (exact) mass is 535 g/mol. The number of nitrogens with one attached hydrogen (secondary N) is 3. The van der Waals surface area contributed by atoms with Crippen molar-refractivity contribution < 1.29 is 18.0 Å². The van der Waals surface area contributed by atoms with Gasteiger partial charge < -0.3 is 21.4 Å². The van der Waals surface area contributed by atoms with Gasteiger partial charge in [-0.05, 0) is 60.9 Å². The number of H-pyrrole nitrogens is 1. The number of halogens is 3. The van der Waals surface area contributed by atoms with Crippen LogP contribution in [0, 0.1) is 0 Å². The molecule has 1 aliphatic heterocycles. The number of alkyl halides is 3. The Bertz CT molecular complexity index is 1540. The molecule has 0 spiro atoms. The first kappa shape index (κ1) is 26.2. The van der Waals surface area contributed by atoms with Crippen molar-refractivity contribution in [3.8, 4) is 0 Å². The number of primary amides is 1. The number of aromatic nitrogens is 3. The molecule has 11 heteroatoms. The number of fused-ring (bicyclic) bond motifs is 1. The van der Waals surface area contributed by atoms with Crippen molar-refractivity contribution in [1.29, 1.82) is 0 Å². The van der Waals surface area contributed by atoms with E-state index in [0.717, 1.165) is 31.5 Å². The predicted molar refractivity (Wildman–Crippen MR) is 146 cm³/mol. The number of aromatic amines is 1. The quantitative estimate of drug-likeness (QED) is 0.218. The van der Waals surface area contributed by atoms with E-state index < -0.39 is 17.6 Å². The smallest absolute Gasteiger partial charge is 0.366 e. The Morgan fingerprint density at radius 3 is 2.69 bits per heavy atom. The van der Waals surface area contributed by atoms with Gasteiger partial charge in [0.1, 0.15) is 11.5 Å². The van der Waals surface area contributed by atoms with Crippen LogP contribution in [0.2, 0.25) is 0 Å². The van der Waals surface area contributed by atoms with E-state index >= 15 is 0 Å².